The topological polar surface area (TPSA) is 69.2 Å². The zero-order valence-electron chi connectivity index (χ0n) is 10.6. The summed E-state index contributed by atoms with van der Waals surface area (Å²) in [6, 6.07) is 2.32. The Bertz CT molecular complexity index is 473. The van der Waals surface area contributed by atoms with E-state index in [1.807, 2.05) is 13.8 Å². The first-order chi connectivity index (χ1) is 8.62. The van der Waals surface area contributed by atoms with Crippen molar-refractivity contribution in [3.63, 3.8) is 0 Å². The fourth-order valence-electron chi connectivity index (χ4n) is 1.61. The Balaban J connectivity index is 3.20. The lowest BCUT2D eigenvalue weighted by Gasteiger charge is -2.18. The van der Waals surface area contributed by atoms with Crippen LogP contribution in [0.15, 0.2) is 18.2 Å². The molecule has 106 valence electrons. The second kappa shape index (κ2) is 5.56. The van der Waals surface area contributed by atoms with Crippen LogP contribution >= 0.6 is 0 Å². The maximum atomic E-state index is 12.9. The lowest BCUT2D eigenvalue weighted by Crippen LogP contribution is -2.29. The number of hydrogen-bond acceptors (Lipinski definition) is 3. The summed E-state index contributed by atoms with van der Waals surface area (Å²) in [5, 5.41) is 10.5. The van der Waals surface area contributed by atoms with Crippen LogP contribution in [0.25, 0.3) is 0 Å². The monoisotopic (exact) mass is 276 g/mol. The van der Waals surface area contributed by atoms with E-state index in [0.29, 0.717) is 6.07 Å². The van der Waals surface area contributed by atoms with Crippen molar-refractivity contribution < 1.29 is 18.1 Å². The molecule has 1 atom stereocenters. The van der Waals surface area contributed by atoms with E-state index < -0.39 is 28.4 Å². The number of benzene rings is 1. The van der Waals surface area contributed by atoms with Gasteiger partial charge in [0.05, 0.1) is 10.5 Å². The molecular weight excluding hydrogens is 261 g/mol. The van der Waals surface area contributed by atoms with Gasteiger partial charge >= 0.3 is 6.18 Å². The molecule has 0 fully saturated rings. The van der Waals surface area contributed by atoms with Crippen molar-refractivity contribution in [2.75, 3.05) is 0 Å². The number of nitrogens with zero attached hydrogens (tertiary/aromatic N) is 1. The summed E-state index contributed by atoms with van der Waals surface area (Å²) in [7, 11) is 0. The first-order valence-corrected chi connectivity index (χ1v) is 5.73. The molecule has 1 rings (SSSR count). The highest BCUT2D eigenvalue weighted by molar-refractivity contribution is 5.41. The Kier molecular flexibility index (Phi) is 4.52. The van der Waals surface area contributed by atoms with Crippen molar-refractivity contribution in [2.24, 2.45) is 11.7 Å². The highest BCUT2D eigenvalue weighted by atomic mass is 19.4. The van der Waals surface area contributed by atoms with E-state index in [0.717, 1.165) is 12.1 Å². The number of rotatable bonds is 4. The Morgan fingerprint density at radius 2 is 1.95 bits per heavy atom. The maximum Gasteiger partial charge on any atom is 0.416 e. The van der Waals surface area contributed by atoms with Gasteiger partial charge in [0.2, 0.25) is 0 Å². The summed E-state index contributed by atoms with van der Waals surface area (Å²) in [6.07, 6.45) is -4.59. The predicted molar refractivity (Wildman–Crippen MR) is 64.6 cm³/mol. The van der Waals surface area contributed by atoms with Crippen LogP contribution < -0.4 is 5.73 Å². The highest BCUT2D eigenvalue weighted by Gasteiger charge is 2.35. The third-order valence-corrected chi connectivity index (χ3v) is 2.92. The number of halogens is 3. The molecule has 0 spiro atoms. The average molecular weight is 276 g/mol. The van der Waals surface area contributed by atoms with Crippen molar-refractivity contribution in [1.82, 2.24) is 0 Å². The normalized spacial score (nSPS) is 13.6. The van der Waals surface area contributed by atoms with Gasteiger partial charge in [-0.25, -0.2) is 0 Å². The molecule has 0 bridgehead atoms. The van der Waals surface area contributed by atoms with Gasteiger partial charge in [-0.3, -0.25) is 10.1 Å². The smallest absolute Gasteiger partial charge is 0.327 e. The number of nitrogens with two attached hydrogens (primary N) is 1. The van der Waals surface area contributed by atoms with Crippen molar-refractivity contribution in [1.29, 1.82) is 0 Å². The summed E-state index contributed by atoms with van der Waals surface area (Å²) in [5.41, 5.74) is 4.18. The molecule has 0 amide bonds. The van der Waals surface area contributed by atoms with Crippen molar-refractivity contribution in [2.45, 2.75) is 32.5 Å². The van der Waals surface area contributed by atoms with Crippen LogP contribution in [-0.4, -0.2) is 11.0 Å². The molecule has 1 aromatic rings. The molecule has 0 aliphatic rings. The van der Waals surface area contributed by atoms with Crippen molar-refractivity contribution >= 4 is 5.69 Å². The van der Waals surface area contributed by atoms with Crippen LogP contribution in [0.3, 0.4) is 0 Å². The SMILES string of the molecule is CC(C)C(N)Cc1ccc([N+](=O)[O-])cc1C(F)(F)F. The number of nitro groups is 1. The van der Waals surface area contributed by atoms with E-state index >= 15 is 0 Å². The first kappa shape index (κ1) is 15.4. The van der Waals surface area contributed by atoms with Gasteiger partial charge in [-0.05, 0) is 17.9 Å². The van der Waals surface area contributed by atoms with Crippen LogP contribution in [0.2, 0.25) is 0 Å². The quantitative estimate of drug-likeness (QED) is 0.678. The average Bonchev–Trinajstić information content (AvgIpc) is 2.27. The summed E-state index contributed by atoms with van der Waals surface area (Å²) in [4.78, 5) is 9.69. The van der Waals surface area contributed by atoms with Gasteiger partial charge < -0.3 is 5.73 Å². The van der Waals surface area contributed by atoms with E-state index in [9.17, 15) is 23.3 Å². The minimum atomic E-state index is -4.63. The minimum Gasteiger partial charge on any atom is -0.327 e. The Hall–Kier alpha value is -1.63. The summed E-state index contributed by atoms with van der Waals surface area (Å²) >= 11 is 0. The standard InChI is InChI=1S/C12H15F3N2O2/c1-7(2)11(16)5-8-3-4-9(17(18)19)6-10(8)12(13,14)15/h3-4,6-7,11H,5,16H2,1-2H3. The molecule has 0 saturated carbocycles. The van der Waals surface area contributed by atoms with Gasteiger partial charge in [-0.15, -0.1) is 0 Å². The molecule has 0 aliphatic carbocycles. The van der Waals surface area contributed by atoms with Crippen molar-refractivity contribution in [3.05, 3.63) is 39.4 Å². The molecule has 0 heterocycles. The lowest BCUT2D eigenvalue weighted by molar-refractivity contribution is -0.385. The fraction of sp³-hybridized carbons (Fsp3) is 0.500. The minimum absolute atomic E-state index is 0.0145. The Morgan fingerprint density at radius 3 is 2.37 bits per heavy atom. The molecule has 0 aromatic heterocycles. The number of nitro benzene ring substituents is 1. The molecule has 0 saturated heterocycles. The fourth-order valence-corrected chi connectivity index (χ4v) is 1.61. The zero-order chi connectivity index (χ0) is 14.8. The molecule has 0 radical (unpaired) electrons. The summed E-state index contributed by atoms with van der Waals surface area (Å²) in [5.74, 6) is 0.0243. The van der Waals surface area contributed by atoms with Crippen LogP contribution in [0.1, 0.15) is 25.0 Å². The van der Waals surface area contributed by atoms with E-state index in [4.69, 9.17) is 5.73 Å². The van der Waals surface area contributed by atoms with Gasteiger partial charge in [0, 0.05) is 18.2 Å². The molecule has 7 heteroatoms. The zero-order valence-corrected chi connectivity index (χ0v) is 10.6. The second-order valence-corrected chi connectivity index (χ2v) is 4.71. The molecular formula is C12H15F3N2O2. The third-order valence-electron chi connectivity index (χ3n) is 2.92. The number of alkyl halides is 3. The molecule has 1 aromatic carbocycles. The van der Waals surface area contributed by atoms with Gasteiger partial charge in [-0.2, -0.15) is 13.2 Å². The van der Waals surface area contributed by atoms with Gasteiger partial charge in [0.25, 0.3) is 5.69 Å². The van der Waals surface area contributed by atoms with Crippen LogP contribution in [0.5, 0.6) is 0 Å². The highest BCUT2D eigenvalue weighted by Crippen LogP contribution is 2.35. The summed E-state index contributed by atoms with van der Waals surface area (Å²) < 4.78 is 38.6. The Labute approximate surface area is 108 Å². The maximum absolute atomic E-state index is 12.9. The molecule has 2 N–H and O–H groups in total. The van der Waals surface area contributed by atoms with E-state index in [2.05, 4.69) is 0 Å². The summed E-state index contributed by atoms with van der Waals surface area (Å²) in [6.45, 7) is 3.62. The largest absolute Gasteiger partial charge is 0.416 e. The lowest BCUT2D eigenvalue weighted by atomic mass is 9.94. The van der Waals surface area contributed by atoms with Crippen LogP contribution in [0.4, 0.5) is 18.9 Å². The molecule has 0 aliphatic heterocycles. The molecule has 19 heavy (non-hydrogen) atoms. The van der Waals surface area contributed by atoms with Gasteiger partial charge in [-0.1, -0.05) is 19.9 Å². The van der Waals surface area contributed by atoms with Crippen molar-refractivity contribution in [3.8, 4) is 0 Å². The van der Waals surface area contributed by atoms with E-state index in [-0.39, 0.29) is 17.9 Å². The third kappa shape index (κ3) is 3.92. The predicted octanol–water partition coefficient (Wildman–Crippen LogP) is 3.14. The molecule has 1 unspecified atom stereocenters. The second-order valence-electron chi connectivity index (χ2n) is 4.71. The number of non-ortho nitro benzene ring substituents is 1. The molecule has 4 nitrogen and oxygen atoms in total. The van der Waals surface area contributed by atoms with Gasteiger partial charge in [0.15, 0.2) is 0 Å². The van der Waals surface area contributed by atoms with E-state index in [1.165, 1.54) is 0 Å². The Morgan fingerprint density at radius 1 is 1.37 bits per heavy atom. The van der Waals surface area contributed by atoms with Crippen LogP contribution in [-0.2, 0) is 12.6 Å². The van der Waals surface area contributed by atoms with Gasteiger partial charge in [0.1, 0.15) is 0 Å². The van der Waals surface area contributed by atoms with E-state index in [1.54, 1.807) is 0 Å². The number of hydrogen-bond donors (Lipinski definition) is 1. The van der Waals surface area contributed by atoms with Crippen LogP contribution in [0, 0.1) is 16.0 Å². The first-order valence-electron chi connectivity index (χ1n) is 5.73.